The second-order valence-corrected chi connectivity index (χ2v) is 10.0. The van der Waals surface area contributed by atoms with E-state index in [1.54, 1.807) is 0 Å². The first-order valence-electron chi connectivity index (χ1n) is 8.37. The molecule has 0 fully saturated rings. The number of methoxy groups -OCH3 is 1. The van der Waals surface area contributed by atoms with Crippen molar-refractivity contribution in [1.82, 2.24) is 0 Å². The second-order valence-electron chi connectivity index (χ2n) is 6.58. The number of rotatable bonds is 5. The third-order valence-corrected chi connectivity index (χ3v) is 7.52. The van der Waals surface area contributed by atoms with E-state index >= 15 is 0 Å². The molecule has 1 aliphatic carbocycles. The first kappa shape index (κ1) is 24.1. The van der Waals surface area contributed by atoms with E-state index in [1.165, 1.54) is 20.1 Å². The Bertz CT molecular complexity index is 1260. The Kier molecular flexibility index (Phi) is 6.58. The van der Waals surface area contributed by atoms with Crippen molar-refractivity contribution in [2.24, 2.45) is 0 Å². The zero-order valence-electron chi connectivity index (χ0n) is 15.7. The molecule has 0 amide bonds. The number of carbonyl (C=O) groups is 2. The molecule has 0 radical (unpaired) electrons. The van der Waals surface area contributed by atoms with Crippen LogP contribution in [0.15, 0.2) is 19.5 Å². The number of phenols is 2. The molecule has 3 rings (SSSR count). The average Bonchev–Trinajstić information content (AvgIpc) is 2.65. The lowest BCUT2D eigenvalue weighted by molar-refractivity contribution is 0.0972. The molecule has 0 bridgehead atoms. The summed E-state index contributed by atoms with van der Waals surface area (Å²) >= 11 is 9.52. The molecule has 1 aliphatic rings. The molecule has 0 saturated carbocycles. The summed E-state index contributed by atoms with van der Waals surface area (Å²) in [5, 5.41) is 20.9. The predicted molar refractivity (Wildman–Crippen MR) is 119 cm³/mol. The van der Waals surface area contributed by atoms with Gasteiger partial charge in [0.15, 0.2) is 5.78 Å². The largest absolute Gasteiger partial charge is 0.507 e. The first-order valence-corrected chi connectivity index (χ1v) is 12.1. The van der Waals surface area contributed by atoms with E-state index in [1.807, 2.05) is 0 Å². The van der Waals surface area contributed by atoms with Crippen molar-refractivity contribution in [3.8, 4) is 17.2 Å². The van der Waals surface area contributed by atoms with E-state index < -0.39 is 33.8 Å². The highest BCUT2D eigenvalue weighted by Crippen LogP contribution is 2.50. The SMILES string of the molecule is COc1c(Br)c(O)c(Br)c2c1C(=O)c1c(O)cc(C[C@H](C)OS(=O)(=O)O)c(Br)c1C2=O. The summed E-state index contributed by atoms with van der Waals surface area (Å²) in [7, 11) is -3.46. The van der Waals surface area contributed by atoms with Crippen molar-refractivity contribution in [3.63, 3.8) is 0 Å². The van der Waals surface area contributed by atoms with Crippen molar-refractivity contribution in [2.75, 3.05) is 7.11 Å². The van der Waals surface area contributed by atoms with Gasteiger partial charge >= 0.3 is 10.4 Å². The fourth-order valence-corrected chi connectivity index (χ4v) is 5.91. The van der Waals surface area contributed by atoms with Crippen LogP contribution >= 0.6 is 47.8 Å². The Balaban J connectivity index is 2.25. The van der Waals surface area contributed by atoms with Gasteiger partial charge in [-0.2, -0.15) is 8.42 Å². The van der Waals surface area contributed by atoms with E-state index in [-0.39, 0.29) is 59.2 Å². The third kappa shape index (κ3) is 4.14. The van der Waals surface area contributed by atoms with Gasteiger partial charge in [0.1, 0.15) is 21.7 Å². The zero-order chi connectivity index (χ0) is 23.4. The molecule has 0 aliphatic heterocycles. The van der Waals surface area contributed by atoms with Gasteiger partial charge < -0.3 is 14.9 Å². The number of fused-ring (bicyclic) bond motifs is 2. The number of benzene rings is 2. The van der Waals surface area contributed by atoms with Gasteiger partial charge in [0.25, 0.3) is 0 Å². The summed E-state index contributed by atoms with van der Waals surface area (Å²) < 4.78 is 40.5. The van der Waals surface area contributed by atoms with Gasteiger partial charge in [0, 0.05) is 10.9 Å². The zero-order valence-corrected chi connectivity index (χ0v) is 21.3. The minimum absolute atomic E-state index is 0.0426. The minimum Gasteiger partial charge on any atom is -0.507 e. The lowest BCUT2D eigenvalue weighted by Crippen LogP contribution is -2.24. The summed E-state index contributed by atoms with van der Waals surface area (Å²) in [6.45, 7) is 1.36. The van der Waals surface area contributed by atoms with Crippen LogP contribution in [0.2, 0.25) is 0 Å². The molecule has 0 saturated heterocycles. The van der Waals surface area contributed by atoms with Crippen LogP contribution < -0.4 is 4.74 Å². The molecule has 166 valence electrons. The maximum absolute atomic E-state index is 13.4. The van der Waals surface area contributed by atoms with E-state index in [2.05, 4.69) is 52.0 Å². The number of phenolic OH excluding ortho intramolecular Hbond substituents is 2. The summed E-state index contributed by atoms with van der Waals surface area (Å²) in [5.74, 6) is -2.35. The van der Waals surface area contributed by atoms with Crippen LogP contribution in [0.4, 0.5) is 0 Å². The number of ether oxygens (including phenoxy) is 1. The molecule has 31 heavy (non-hydrogen) atoms. The van der Waals surface area contributed by atoms with Crippen molar-refractivity contribution < 1.29 is 41.7 Å². The highest BCUT2D eigenvalue weighted by molar-refractivity contribution is 9.11. The normalized spacial score (nSPS) is 14.3. The lowest BCUT2D eigenvalue weighted by atomic mass is 9.81. The number of halogens is 3. The van der Waals surface area contributed by atoms with Crippen LogP contribution in [0.3, 0.4) is 0 Å². The van der Waals surface area contributed by atoms with Crippen molar-refractivity contribution in [1.29, 1.82) is 0 Å². The molecule has 0 aromatic heterocycles. The Morgan fingerprint density at radius 2 is 1.52 bits per heavy atom. The van der Waals surface area contributed by atoms with Crippen LogP contribution in [0.5, 0.6) is 17.2 Å². The van der Waals surface area contributed by atoms with Gasteiger partial charge in [0.2, 0.25) is 5.78 Å². The molecule has 0 unspecified atom stereocenters. The fraction of sp³-hybridized carbons (Fsp3) is 0.222. The summed E-state index contributed by atoms with van der Waals surface area (Å²) in [5.41, 5.74) is -0.499. The average molecular weight is 645 g/mol. The highest BCUT2D eigenvalue weighted by Gasteiger charge is 2.40. The van der Waals surface area contributed by atoms with E-state index in [9.17, 15) is 28.2 Å². The molecule has 13 heteroatoms. The molecule has 2 aromatic rings. The van der Waals surface area contributed by atoms with E-state index in [4.69, 9.17) is 9.29 Å². The summed E-state index contributed by atoms with van der Waals surface area (Å²) in [4.78, 5) is 26.6. The molecule has 9 nitrogen and oxygen atoms in total. The lowest BCUT2D eigenvalue weighted by Gasteiger charge is -2.25. The van der Waals surface area contributed by atoms with Crippen molar-refractivity contribution in [3.05, 3.63) is 47.3 Å². The third-order valence-electron chi connectivity index (χ3n) is 4.54. The van der Waals surface area contributed by atoms with Gasteiger partial charge in [-0.25, -0.2) is 4.18 Å². The number of carbonyl (C=O) groups excluding carboxylic acids is 2. The second kappa shape index (κ2) is 8.45. The van der Waals surface area contributed by atoms with Gasteiger partial charge in [-0.15, -0.1) is 0 Å². The maximum Gasteiger partial charge on any atom is 0.397 e. The molecule has 3 N–H and O–H groups in total. The van der Waals surface area contributed by atoms with Crippen LogP contribution in [-0.2, 0) is 21.0 Å². The Labute approximate surface area is 201 Å². The van der Waals surface area contributed by atoms with Crippen molar-refractivity contribution >= 4 is 69.8 Å². The Morgan fingerprint density at radius 3 is 2.06 bits per heavy atom. The van der Waals surface area contributed by atoms with Crippen LogP contribution in [0.1, 0.15) is 44.3 Å². The maximum atomic E-state index is 13.4. The molecular formula is C18H13Br3O9S. The summed E-state index contributed by atoms with van der Waals surface area (Å²) in [6, 6.07) is 1.19. The predicted octanol–water partition coefficient (Wildman–Crippen LogP) is 3.92. The van der Waals surface area contributed by atoms with Crippen LogP contribution in [0, 0.1) is 0 Å². The summed E-state index contributed by atoms with van der Waals surface area (Å²) in [6.07, 6.45) is -1.18. The molecule has 0 heterocycles. The molecule has 2 aromatic carbocycles. The number of ketones is 2. The van der Waals surface area contributed by atoms with E-state index in [0.717, 1.165) is 0 Å². The number of hydrogen-bond acceptors (Lipinski definition) is 8. The van der Waals surface area contributed by atoms with E-state index in [0.29, 0.717) is 0 Å². The molecular weight excluding hydrogens is 632 g/mol. The minimum atomic E-state index is -4.72. The molecule has 1 atom stereocenters. The van der Waals surface area contributed by atoms with Gasteiger partial charge in [-0.1, -0.05) is 0 Å². The monoisotopic (exact) mass is 642 g/mol. The number of aromatic hydroxyl groups is 2. The van der Waals surface area contributed by atoms with Crippen LogP contribution in [0.25, 0.3) is 0 Å². The van der Waals surface area contributed by atoms with Gasteiger partial charge in [-0.05, 0) is 66.3 Å². The first-order chi connectivity index (χ1) is 14.3. The van der Waals surface area contributed by atoms with Gasteiger partial charge in [0.05, 0.1) is 39.9 Å². The van der Waals surface area contributed by atoms with Crippen LogP contribution in [-0.4, -0.2) is 48.0 Å². The van der Waals surface area contributed by atoms with Gasteiger partial charge in [-0.3, -0.25) is 14.1 Å². The fourth-order valence-electron chi connectivity index (χ4n) is 3.37. The number of hydrogen-bond donors (Lipinski definition) is 3. The Morgan fingerprint density at radius 1 is 0.968 bits per heavy atom. The Hall–Kier alpha value is -1.51. The topological polar surface area (TPSA) is 147 Å². The smallest absolute Gasteiger partial charge is 0.397 e. The standard InChI is InChI=1S/C18H13Br3O9S/c1-5(30-31(26,27)28)3-6-4-7(22)8-9(12(6)19)16(24)10-11(15(8)23)18(29-2)14(21)17(25)13(10)20/h4-5,22,25H,3H2,1-2H3,(H,26,27,28)/t5-/m0/s1. The quantitative estimate of drug-likeness (QED) is 0.352. The molecule has 0 spiro atoms. The van der Waals surface area contributed by atoms with Crippen molar-refractivity contribution in [2.45, 2.75) is 19.4 Å². The highest BCUT2D eigenvalue weighted by atomic mass is 79.9.